The van der Waals surface area contributed by atoms with E-state index >= 15 is 0 Å². The van der Waals surface area contributed by atoms with Gasteiger partial charge in [-0.25, -0.2) is 4.79 Å². The number of carbonyl (C=O) groups excluding carboxylic acids is 1. The maximum atomic E-state index is 11.9. The van der Waals surface area contributed by atoms with Crippen molar-refractivity contribution >= 4 is 11.9 Å². The zero-order chi connectivity index (χ0) is 14.5. The minimum Gasteiger partial charge on any atom is -0.478 e. The summed E-state index contributed by atoms with van der Waals surface area (Å²) in [6.45, 7) is 1.98. The van der Waals surface area contributed by atoms with Crippen LogP contribution in [0.15, 0.2) is 16.7 Å². The summed E-state index contributed by atoms with van der Waals surface area (Å²) in [5.74, 6) is -0.702. The molecule has 1 fully saturated rings. The summed E-state index contributed by atoms with van der Waals surface area (Å²) < 4.78 is 4.99. The second kappa shape index (κ2) is 6.59. The molecule has 2 N–H and O–H groups in total. The second-order valence-corrected chi connectivity index (χ2v) is 5.62. The van der Waals surface area contributed by atoms with E-state index in [1.54, 1.807) is 0 Å². The lowest BCUT2D eigenvalue weighted by molar-refractivity contribution is 0.0695. The summed E-state index contributed by atoms with van der Waals surface area (Å²) in [6.07, 6.45) is 8.42. The molecule has 2 rings (SSSR count). The quantitative estimate of drug-likeness (QED) is 0.868. The summed E-state index contributed by atoms with van der Waals surface area (Å²) in [6, 6.07) is 1.33. The van der Waals surface area contributed by atoms with Gasteiger partial charge in [0.05, 0.1) is 5.56 Å². The molecular weight excluding hydrogens is 258 g/mol. The van der Waals surface area contributed by atoms with Gasteiger partial charge in [-0.1, -0.05) is 32.1 Å². The number of rotatable bonds is 5. The molecule has 0 aliphatic heterocycles. The molecule has 0 bridgehead atoms. The molecule has 0 spiro atoms. The molecule has 1 saturated carbocycles. The Labute approximate surface area is 118 Å². The van der Waals surface area contributed by atoms with Gasteiger partial charge in [-0.3, -0.25) is 4.79 Å². The van der Waals surface area contributed by atoms with Crippen LogP contribution < -0.4 is 5.32 Å². The summed E-state index contributed by atoms with van der Waals surface area (Å²) in [4.78, 5) is 22.7. The molecule has 1 amide bonds. The normalized spacial score (nSPS) is 17.6. The molecule has 0 radical (unpaired) electrons. The van der Waals surface area contributed by atoms with Crippen LogP contribution in [0.2, 0.25) is 0 Å². The Morgan fingerprint density at radius 2 is 2.10 bits per heavy atom. The predicted molar refractivity (Wildman–Crippen MR) is 73.8 cm³/mol. The van der Waals surface area contributed by atoms with Crippen LogP contribution in [0.25, 0.3) is 0 Å². The van der Waals surface area contributed by atoms with E-state index in [2.05, 4.69) is 5.32 Å². The maximum Gasteiger partial charge on any atom is 0.338 e. The third kappa shape index (κ3) is 3.85. The van der Waals surface area contributed by atoms with Crippen LogP contribution in [0.5, 0.6) is 0 Å². The number of hydrogen-bond acceptors (Lipinski definition) is 3. The number of nitrogens with one attached hydrogen (secondary N) is 1. The topological polar surface area (TPSA) is 79.5 Å². The van der Waals surface area contributed by atoms with Gasteiger partial charge in [0.15, 0.2) is 5.76 Å². The Morgan fingerprint density at radius 3 is 2.70 bits per heavy atom. The van der Waals surface area contributed by atoms with Crippen LogP contribution in [-0.4, -0.2) is 23.0 Å². The van der Waals surface area contributed by atoms with E-state index < -0.39 is 5.97 Å². The number of hydrogen-bond donors (Lipinski definition) is 2. The zero-order valence-corrected chi connectivity index (χ0v) is 11.7. The third-order valence-corrected chi connectivity index (χ3v) is 3.86. The fourth-order valence-electron chi connectivity index (χ4n) is 2.84. The van der Waals surface area contributed by atoms with Gasteiger partial charge >= 0.3 is 5.97 Å². The van der Waals surface area contributed by atoms with E-state index in [1.165, 1.54) is 38.2 Å². The van der Waals surface area contributed by atoms with Crippen LogP contribution >= 0.6 is 0 Å². The summed E-state index contributed by atoms with van der Waals surface area (Å²) >= 11 is 0. The van der Waals surface area contributed by atoms with Crippen molar-refractivity contribution in [3.05, 3.63) is 23.7 Å². The number of furan rings is 1. The molecule has 5 nitrogen and oxygen atoms in total. The number of carbonyl (C=O) groups is 2. The van der Waals surface area contributed by atoms with E-state index in [1.807, 2.05) is 6.92 Å². The first-order valence-corrected chi connectivity index (χ1v) is 7.19. The lowest BCUT2D eigenvalue weighted by Gasteiger charge is -2.24. The monoisotopic (exact) mass is 279 g/mol. The number of carboxylic acids is 1. The Kier molecular flexibility index (Phi) is 4.82. The van der Waals surface area contributed by atoms with E-state index in [-0.39, 0.29) is 23.3 Å². The van der Waals surface area contributed by atoms with Crippen LogP contribution in [0.4, 0.5) is 0 Å². The van der Waals surface area contributed by atoms with Crippen molar-refractivity contribution in [1.82, 2.24) is 5.32 Å². The fraction of sp³-hybridized carbons (Fsp3) is 0.600. The minimum absolute atomic E-state index is 0.00455. The van der Waals surface area contributed by atoms with Gasteiger partial charge < -0.3 is 14.8 Å². The van der Waals surface area contributed by atoms with E-state index in [0.717, 1.165) is 12.7 Å². The van der Waals surface area contributed by atoms with Gasteiger partial charge in [-0.05, 0) is 19.3 Å². The number of aromatic carboxylic acids is 1. The van der Waals surface area contributed by atoms with Crippen molar-refractivity contribution in [1.29, 1.82) is 0 Å². The van der Waals surface area contributed by atoms with Crippen LogP contribution in [0, 0.1) is 5.92 Å². The lowest BCUT2D eigenvalue weighted by Crippen LogP contribution is -2.34. The Balaban J connectivity index is 1.84. The first-order chi connectivity index (χ1) is 9.56. The lowest BCUT2D eigenvalue weighted by atomic mass is 9.85. The molecule has 5 heteroatoms. The fourth-order valence-corrected chi connectivity index (χ4v) is 2.84. The van der Waals surface area contributed by atoms with E-state index in [0.29, 0.717) is 5.92 Å². The molecule has 0 unspecified atom stereocenters. The number of amides is 1. The van der Waals surface area contributed by atoms with Gasteiger partial charge in [-0.2, -0.15) is 0 Å². The smallest absolute Gasteiger partial charge is 0.338 e. The molecule has 0 aromatic carbocycles. The number of carboxylic acid groups (broad SMARTS) is 1. The summed E-state index contributed by atoms with van der Waals surface area (Å²) in [5.41, 5.74) is -0.00455. The van der Waals surface area contributed by atoms with Gasteiger partial charge in [0, 0.05) is 12.1 Å². The zero-order valence-electron chi connectivity index (χ0n) is 11.7. The highest BCUT2D eigenvalue weighted by Gasteiger charge is 2.20. The summed E-state index contributed by atoms with van der Waals surface area (Å²) in [5, 5.41) is 11.7. The van der Waals surface area contributed by atoms with Gasteiger partial charge in [0.1, 0.15) is 6.26 Å². The van der Waals surface area contributed by atoms with Crippen LogP contribution in [0.1, 0.15) is 66.4 Å². The first-order valence-electron chi connectivity index (χ1n) is 7.19. The molecule has 110 valence electrons. The Bertz CT molecular complexity index is 474. The SMILES string of the molecule is C[C@H](CC1CCCCC1)NC(=O)c1cc(C(=O)O)co1. The molecule has 1 aromatic rings. The van der Waals surface area contributed by atoms with Gasteiger partial charge in [0.2, 0.25) is 0 Å². The molecule has 1 heterocycles. The van der Waals surface area contributed by atoms with Crippen molar-refractivity contribution < 1.29 is 19.1 Å². The highest BCUT2D eigenvalue weighted by molar-refractivity contribution is 5.95. The Morgan fingerprint density at radius 1 is 1.40 bits per heavy atom. The van der Waals surface area contributed by atoms with Crippen molar-refractivity contribution in [3.63, 3.8) is 0 Å². The average Bonchev–Trinajstić information content (AvgIpc) is 2.89. The maximum absolute atomic E-state index is 11.9. The first kappa shape index (κ1) is 14.6. The van der Waals surface area contributed by atoms with E-state index in [9.17, 15) is 9.59 Å². The largest absolute Gasteiger partial charge is 0.478 e. The highest BCUT2D eigenvalue weighted by Crippen LogP contribution is 2.27. The second-order valence-electron chi connectivity index (χ2n) is 5.62. The minimum atomic E-state index is -1.09. The average molecular weight is 279 g/mol. The predicted octanol–water partition coefficient (Wildman–Crippen LogP) is 3.07. The van der Waals surface area contributed by atoms with Gasteiger partial charge in [-0.15, -0.1) is 0 Å². The van der Waals surface area contributed by atoms with Gasteiger partial charge in [0.25, 0.3) is 5.91 Å². The highest BCUT2D eigenvalue weighted by atomic mass is 16.4. The molecule has 20 heavy (non-hydrogen) atoms. The third-order valence-electron chi connectivity index (χ3n) is 3.86. The molecule has 1 aromatic heterocycles. The van der Waals surface area contributed by atoms with E-state index in [4.69, 9.17) is 9.52 Å². The van der Waals surface area contributed by atoms with Crippen LogP contribution in [-0.2, 0) is 0 Å². The van der Waals surface area contributed by atoms with Crippen LogP contribution in [0.3, 0.4) is 0 Å². The Hall–Kier alpha value is -1.78. The molecule has 0 saturated heterocycles. The molecular formula is C15H21NO4. The molecule has 1 aliphatic rings. The van der Waals surface area contributed by atoms with Crippen molar-refractivity contribution in [2.75, 3.05) is 0 Å². The summed E-state index contributed by atoms with van der Waals surface area (Å²) in [7, 11) is 0. The van der Waals surface area contributed by atoms with Crippen molar-refractivity contribution in [3.8, 4) is 0 Å². The molecule has 1 atom stereocenters. The van der Waals surface area contributed by atoms with Crippen molar-refractivity contribution in [2.45, 2.75) is 51.5 Å². The molecule has 1 aliphatic carbocycles. The standard InChI is InChI=1S/C15H21NO4/c1-10(7-11-5-3-2-4-6-11)16-14(17)13-8-12(9-20-13)15(18)19/h8-11H,2-7H2,1H3,(H,16,17)(H,18,19)/t10-/m1/s1. The van der Waals surface area contributed by atoms with Crippen molar-refractivity contribution in [2.24, 2.45) is 5.92 Å².